The summed E-state index contributed by atoms with van der Waals surface area (Å²) in [5, 5.41) is 3.54. The number of hydrogen-bond donors (Lipinski definition) is 0. The van der Waals surface area contributed by atoms with Crippen LogP contribution in [0.4, 0.5) is 0 Å². The van der Waals surface area contributed by atoms with Gasteiger partial charge in [-0.3, -0.25) is 4.98 Å². The third kappa shape index (κ3) is 3.89. The zero-order valence-electron chi connectivity index (χ0n) is 24.6. The second-order valence-corrected chi connectivity index (χ2v) is 11.8. The van der Waals surface area contributed by atoms with Gasteiger partial charge in [0.1, 0.15) is 0 Å². The molecular formula is C43H28N2. The highest BCUT2D eigenvalue weighted by Gasteiger charge is 2.46. The summed E-state index contributed by atoms with van der Waals surface area (Å²) in [4.78, 5) is 10.0. The number of fused-ring (bicyclic) bond motifs is 5. The van der Waals surface area contributed by atoms with Gasteiger partial charge < -0.3 is 0 Å². The van der Waals surface area contributed by atoms with Crippen LogP contribution in [0.1, 0.15) is 22.3 Å². The van der Waals surface area contributed by atoms with E-state index in [-0.39, 0.29) is 0 Å². The highest BCUT2D eigenvalue weighted by atomic mass is 14.7. The van der Waals surface area contributed by atoms with Gasteiger partial charge in [0.15, 0.2) is 0 Å². The summed E-state index contributed by atoms with van der Waals surface area (Å²) in [5.41, 5.74) is 12.1. The molecule has 0 radical (unpaired) electrons. The molecule has 8 aromatic rings. The maximum Gasteiger partial charge on any atom is 0.0803 e. The van der Waals surface area contributed by atoms with Crippen LogP contribution in [0.15, 0.2) is 170 Å². The van der Waals surface area contributed by atoms with Crippen molar-refractivity contribution < 1.29 is 0 Å². The molecule has 2 heterocycles. The maximum atomic E-state index is 5.29. The van der Waals surface area contributed by atoms with E-state index in [0.717, 1.165) is 33.4 Å². The lowest BCUT2D eigenvalue weighted by atomic mass is 9.67. The molecule has 0 N–H and O–H groups in total. The van der Waals surface area contributed by atoms with Gasteiger partial charge in [0, 0.05) is 22.7 Å². The molecule has 0 bridgehead atoms. The van der Waals surface area contributed by atoms with E-state index in [2.05, 4.69) is 152 Å². The summed E-state index contributed by atoms with van der Waals surface area (Å²) in [6.45, 7) is 0. The third-order valence-electron chi connectivity index (χ3n) is 9.36. The van der Waals surface area contributed by atoms with Crippen molar-refractivity contribution in [2.75, 3.05) is 0 Å². The average molecular weight is 573 g/mol. The first kappa shape index (κ1) is 25.6. The van der Waals surface area contributed by atoms with Gasteiger partial charge in [-0.1, -0.05) is 127 Å². The Kier molecular flexibility index (Phi) is 5.76. The predicted octanol–water partition coefficient (Wildman–Crippen LogP) is 10.5. The normalized spacial score (nSPS) is 13.1. The molecule has 0 spiro atoms. The fourth-order valence-corrected chi connectivity index (χ4v) is 7.38. The topological polar surface area (TPSA) is 25.8 Å². The Morgan fingerprint density at radius 3 is 1.78 bits per heavy atom. The molecule has 210 valence electrons. The van der Waals surface area contributed by atoms with Gasteiger partial charge in [-0.25, -0.2) is 4.98 Å². The van der Waals surface area contributed by atoms with Gasteiger partial charge in [-0.2, -0.15) is 0 Å². The summed E-state index contributed by atoms with van der Waals surface area (Å²) >= 11 is 0. The van der Waals surface area contributed by atoms with E-state index in [1.54, 1.807) is 0 Å². The Morgan fingerprint density at radius 2 is 1.07 bits per heavy atom. The van der Waals surface area contributed by atoms with Gasteiger partial charge in [0.25, 0.3) is 0 Å². The van der Waals surface area contributed by atoms with Crippen LogP contribution in [0.2, 0.25) is 0 Å². The van der Waals surface area contributed by atoms with Crippen LogP contribution in [0.25, 0.3) is 55.3 Å². The van der Waals surface area contributed by atoms with Crippen LogP contribution in [0.3, 0.4) is 0 Å². The van der Waals surface area contributed by atoms with E-state index in [9.17, 15) is 0 Å². The number of rotatable bonds is 4. The zero-order valence-corrected chi connectivity index (χ0v) is 24.6. The first-order valence-electron chi connectivity index (χ1n) is 15.4. The number of hydrogen-bond acceptors (Lipinski definition) is 2. The van der Waals surface area contributed by atoms with Crippen molar-refractivity contribution in [2.24, 2.45) is 0 Å². The predicted molar refractivity (Wildman–Crippen MR) is 185 cm³/mol. The van der Waals surface area contributed by atoms with Crippen LogP contribution < -0.4 is 0 Å². The van der Waals surface area contributed by atoms with E-state index in [1.807, 2.05) is 18.3 Å². The van der Waals surface area contributed by atoms with Gasteiger partial charge in [-0.15, -0.1) is 0 Å². The molecule has 0 saturated carbocycles. The van der Waals surface area contributed by atoms with E-state index in [4.69, 9.17) is 9.97 Å². The van der Waals surface area contributed by atoms with E-state index >= 15 is 0 Å². The summed E-state index contributed by atoms with van der Waals surface area (Å²) in [6.07, 6.45) is 1.86. The van der Waals surface area contributed by atoms with E-state index in [1.165, 1.54) is 44.2 Å². The van der Waals surface area contributed by atoms with Crippen LogP contribution in [0.5, 0.6) is 0 Å². The Balaban J connectivity index is 1.35. The van der Waals surface area contributed by atoms with Crippen LogP contribution >= 0.6 is 0 Å². The minimum absolute atomic E-state index is 0.455. The molecule has 2 aromatic heterocycles. The van der Waals surface area contributed by atoms with Gasteiger partial charge in [-0.05, 0) is 80.6 Å². The Labute approximate surface area is 262 Å². The molecule has 1 aliphatic carbocycles. The fraction of sp³-hybridized carbons (Fsp3) is 0.0233. The molecule has 2 nitrogen and oxygen atoms in total. The zero-order chi connectivity index (χ0) is 29.8. The monoisotopic (exact) mass is 572 g/mol. The lowest BCUT2D eigenvalue weighted by Crippen LogP contribution is -2.28. The molecule has 2 heteroatoms. The minimum Gasteiger partial charge on any atom is -0.256 e. The van der Waals surface area contributed by atoms with Crippen molar-refractivity contribution in [3.63, 3.8) is 0 Å². The van der Waals surface area contributed by atoms with Gasteiger partial charge >= 0.3 is 0 Å². The summed E-state index contributed by atoms with van der Waals surface area (Å²) in [7, 11) is 0. The molecule has 0 saturated heterocycles. The molecule has 6 aromatic carbocycles. The first-order valence-corrected chi connectivity index (χ1v) is 15.4. The highest BCUT2D eigenvalue weighted by Crippen LogP contribution is 2.57. The third-order valence-corrected chi connectivity index (χ3v) is 9.36. The van der Waals surface area contributed by atoms with E-state index in [0.29, 0.717) is 0 Å². The minimum atomic E-state index is -0.455. The standard InChI is InChI=1S/C43H28N2/c1-4-13-29(14-5-1)42-35-21-12-24-44-41(35)28-40(45-42)32-22-23-38-36(26-32)37-25-30-15-10-11-16-31(30)27-39(37)43(38,33-17-6-2-7-18-33)34-19-8-3-9-20-34/h1-28H. The summed E-state index contributed by atoms with van der Waals surface area (Å²) < 4.78 is 0. The molecular weight excluding hydrogens is 544 g/mol. The molecule has 45 heavy (non-hydrogen) atoms. The van der Waals surface area contributed by atoms with Crippen molar-refractivity contribution in [3.8, 4) is 33.6 Å². The van der Waals surface area contributed by atoms with Crippen LogP contribution in [-0.4, -0.2) is 9.97 Å². The molecule has 9 rings (SSSR count). The van der Waals surface area contributed by atoms with Crippen LogP contribution in [0, 0.1) is 0 Å². The van der Waals surface area contributed by atoms with Crippen molar-refractivity contribution >= 4 is 21.7 Å². The molecule has 0 fully saturated rings. The van der Waals surface area contributed by atoms with Crippen molar-refractivity contribution in [1.82, 2.24) is 9.97 Å². The fourth-order valence-electron chi connectivity index (χ4n) is 7.38. The van der Waals surface area contributed by atoms with Crippen molar-refractivity contribution in [3.05, 3.63) is 192 Å². The van der Waals surface area contributed by atoms with Crippen molar-refractivity contribution in [1.29, 1.82) is 0 Å². The maximum absolute atomic E-state index is 5.29. The summed E-state index contributed by atoms with van der Waals surface area (Å²) in [5.74, 6) is 0. The molecule has 0 unspecified atom stereocenters. The number of aromatic nitrogens is 2. The highest BCUT2D eigenvalue weighted by molar-refractivity contribution is 5.98. The Morgan fingerprint density at radius 1 is 0.444 bits per heavy atom. The molecule has 0 amide bonds. The average Bonchev–Trinajstić information content (AvgIpc) is 3.40. The van der Waals surface area contributed by atoms with Gasteiger partial charge in [0.2, 0.25) is 0 Å². The Bertz CT molecular complexity index is 2320. The molecule has 0 atom stereocenters. The number of benzene rings is 6. The quantitative estimate of drug-likeness (QED) is 0.210. The SMILES string of the molecule is c1ccc(-c2nc(-c3ccc4c(c3)-c3cc5ccccc5cc3C4(c3ccccc3)c3ccccc3)cc3ncccc23)cc1. The smallest absolute Gasteiger partial charge is 0.0803 e. The van der Waals surface area contributed by atoms with Crippen LogP contribution in [-0.2, 0) is 5.41 Å². The number of nitrogens with zero attached hydrogens (tertiary/aromatic N) is 2. The number of pyridine rings is 2. The Hall–Kier alpha value is -5.86. The lowest BCUT2D eigenvalue weighted by Gasteiger charge is -2.34. The molecule has 1 aliphatic rings. The lowest BCUT2D eigenvalue weighted by molar-refractivity contribution is 0.769. The van der Waals surface area contributed by atoms with E-state index < -0.39 is 5.41 Å². The van der Waals surface area contributed by atoms with Crippen molar-refractivity contribution in [2.45, 2.75) is 5.41 Å². The second kappa shape index (κ2) is 10.1. The largest absolute Gasteiger partial charge is 0.256 e. The summed E-state index contributed by atoms with van der Waals surface area (Å²) in [6, 6.07) is 59.0. The second-order valence-electron chi connectivity index (χ2n) is 11.8. The van der Waals surface area contributed by atoms with Gasteiger partial charge in [0.05, 0.1) is 22.3 Å². The first-order chi connectivity index (χ1) is 22.3. The molecule has 0 aliphatic heterocycles.